The summed E-state index contributed by atoms with van der Waals surface area (Å²) in [6, 6.07) is 14.5. The van der Waals surface area contributed by atoms with Crippen molar-refractivity contribution in [2.45, 2.75) is 23.6 Å². The Morgan fingerprint density at radius 3 is 1.17 bits per heavy atom. The van der Waals surface area contributed by atoms with E-state index in [9.17, 15) is 8.42 Å². The van der Waals surface area contributed by atoms with Crippen molar-refractivity contribution in [2.75, 3.05) is 0 Å². The summed E-state index contributed by atoms with van der Waals surface area (Å²) in [7, 11) is -3.04. The number of hydrogen-bond acceptors (Lipinski definition) is 2. The average Bonchev–Trinajstić information content (AvgIpc) is 2.39. The van der Waals surface area contributed by atoms with Gasteiger partial charge in [-0.2, -0.15) is 0 Å². The maximum absolute atomic E-state index is 12.2. The van der Waals surface area contributed by atoms with E-state index >= 15 is 0 Å². The molecule has 0 aliphatic rings. The van der Waals surface area contributed by atoms with Crippen LogP contribution in [0.3, 0.4) is 0 Å². The molecule has 18 heavy (non-hydrogen) atoms. The van der Waals surface area contributed by atoms with Crippen molar-refractivity contribution in [1.29, 1.82) is 0 Å². The van der Waals surface area contributed by atoms with Crippen LogP contribution < -0.4 is 0 Å². The Labute approximate surface area is 111 Å². The molecule has 2 aromatic rings. The zero-order chi connectivity index (χ0) is 13.1. The molecule has 2 rings (SSSR count). The van der Waals surface area contributed by atoms with Gasteiger partial charge in [0.05, 0.1) is 9.79 Å². The summed E-state index contributed by atoms with van der Waals surface area (Å²) >= 11 is 0. The Morgan fingerprint density at radius 1 is 0.611 bits per heavy atom. The van der Waals surface area contributed by atoms with Crippen molar-refractivity contribution in [2.24, 2.45) is 0 Å². The Kier molecular flexibility index (Phi) is 4.09. The standard InChI is InChI=1S/C14H14O2S2/c1-11-3-7-13(8-4-11)17(15)18(16)14-9-5-12(2)6-10-14/h3-10H,1-2H3/t17-,18-/m1/s1. The molecule has 0 bridgehead atoms. The van der Waals surface area contributed by atoms with Gasteiger partial charge in [0.1, 0.15) is 19.7 Å². The largest absolute Gasteiger partial charge is 0.240 e. The SMILES string of the molecule is Cc1ccc([S@](=O)[S@@](=O)c2ccc(C)cc2)cc1. The fourth-order valence-corrected chi connectivity index (χ4v) is 4.26. The first-order chi connectivity index (χ1) is 8.58. The van der Waals surface area contributed by atoms with E-state index in [2.05, 4.69) is 0 Å². The summed E-state index contributed by atoms with van der Waals surface area (Å²) in [6.45, 7) is 3.92. The molecule has 0 aromatic heterocycles. The molecule has 2 aromatic carbocycles. The zero-order valence-corrected chi connectivity index (χ0v) is 11.9. The summed E-state index contributed by atoms with van der Waals surface area (Å²) in [5, 5.41) is 0. The van der Waals surface area contributed by atoms with Gasteiger partial charge in [0.25, 0.3) is 0 Å². The maximum atomic E-state index is 12.2. The average molecular weight is 278 g/mol. The third-order valence-corrected chi connectivity index (χ3v) is 6.13. The van der Waals surface area contributed by atoms with E-state index in [1.807, 2.05) is 38.1 Å². The summed E-state index contributed by atoms with van der Waals surface area (Å²) in [5.74, 6) is 0. The van der Waals surface area contributed by atoms with Crippen LogP contribution in [0.4, 0.5) is 0 Å². The van der Waals surface area contributed by atoms with Crippen LogP contribution in [0, 0.1) is 13.8 Å². The van der Waals surface area contributed by atoms with E-state index in [0.717, 1.165) is 11.1 Å². The highest BCUT2D eigenvalue weighted by Crippen LogP contribution is 2.17. The van der Waals surface area contributed by atoms with E-state index in [1.54, 1.807) is 24.3 Å². The molecule has 0 aliphatic carbocycles. The van der Waals surface area contributed by atoms with E-state index in [0.29, 0.717) is 9.79 Å². The molecule has 0 N–H and O–H groups in total. The molecule has 0 fully saturated rings. The molecule has 0 saturated carbocycles. The Bertz CT molecular complexity index is 531. The van der Waals surface area contributed by atoms with Crippen molar-refractivity contribution in [3.05, 3.63) is 59.7 Å². The lowest BCUT2D eigenvalue weighted by molar-refractivity contribution is 0.676. The predicted molar refractivity (Wildman–Crippen MR) is 75.2 cm³/mol. The highest BCUT2D eigenvalue weighted by atomic mass is 33.1. The first-order valence-corrected chi connectivity index (χ1v) is 8.37. The normalized spacial score (nSPS) is 14.1. The van der Waals surface area contributed by atoms with Crippen LogP contribution in [0.1, 0.15) is 11.1 Å². The number of rotatable bonds is 3. The number of aryl methyl sites for hydroxylation is 2. The van der Waals surface area contributed by atoms with Crippen molar-refractivity contribution in [3.63, 3.8) is 0 Å². The van der Waals surface area contributed by atoms with Crippen molar-refractivity contribution in [1.82, 2.24) is 0 Å². The molecule has 0 heterocycles. The summed E-state index contributed by atoms with van der Waals surface area (Å²) in [6.07, 6.45) is 0. The lowest BCUT2D eigenvalue weighted by Crippen LogP contribution is -2.01. The van der Waals surface area contributed by atoms with Gasteiger partial charge >= 0.3 is 0 Å². The Morgan fingerprint density at radius 2 is 0.889 bits per heavy atom. The number of hydrogen-bond donors (Lipinski definition) is 0. The van der Waals surface area contributed by atoms with Gasteiger partial charge in [0.15, 0.2) is 0 Å². The second-order valence-corrected chi connectivity index (χ2v) is 7.79. The van der Waals surface area contributed by atoms with E-state index in [4.69, 9.17) is 0 Å². The van der Waals surface area contributed by atoms with E-state index in [1.165, 1.54) is 0 Å². The second kappa shape index (κ2) is 5.59. The minimum Gasteiger partial charge on any atom is -0.240 e. The first kappa shape index (κ1) is 13.2. The quantitative estimate of drug-likeness (QED) is 0.808. The van der Waals surface area contributed by atoms with Crippen LogP contribution in [0.5, 0.6) is 0 Å². The highest BCUT2D eigenvalue weighted by Gasteiger charge is 2.14. The third kappa shape index (κ3) is 2.94. The van der Waals surface area contributed by atoms with Crippen molar-refractivity contribution >= 4 is 19.7 Å². The molecule has 4 heteroatoms. The fourth-order valence-electron chi connectivity index (χ4n) is 1.47. The molecule has 0 amide bonds. The molecule has 0 spiro atoms. The molecule has 0 aliphatic heterocycles. The van der Waals surface area contributed by atoms with Gasteiger partial charge in [-0.3, -0.25) is 0 Å². The summed E-state index contributed by atoms with van der Waals surface area (Å²) in [4.78, 5) is 1.19. The van der Waals surface area contributed by atoms with Crippen LogP contribution in [0.25, 0.3) is 0 Å². The van der Waals surface area contributed by atoms with Gasteiger partial charge in [0.2, 0.25) is 0 Å². The first-order valence-electron chi connectivity index (χ1n) is 5.55. The van der Waals surface area contributed by atoms with Gasteiger partial charge in [-0.25, -0.2) is 8.42 Å². The van der Waals surface area contributed by atoms with Gasteiger partial charge in [-0.15, -0.1) is 0 Å². The molecular weight excluding hydrogens is 264 g/mol. The van der Waals surface area contributed by atoms with Crippen LogP contribution in [-0.4, -0.2) is 8.42 Å². The molecule has 2 nitrogen and oxygen atoms in total. The molecule has 94 valence electrons. The molecular formula is C14H14O2S2. The van der Waals surface area contributed by atoms with Gasteiger partial charge < -0.3 is 0 Å². The smallest absolute Gasteiger partial charge is 0.148 e. The number of benzene rings is 2. The minimum absolute atomic E-state index is 0.597. The molecule has 0 saturated heterocycles. The topological polar surface area (TPSA) is 34.1 Å². The van der Waals surface area contributed by atoms with Crippen LogP contribution in [0.15, 0.2) is 58.3 Å². The van der Waals surface area contributed by atoms with E-state index < -0.39 is 19.7 Å². The molecule has 0 unspecified atom stereocenters. The Balaban J connectivity index is 2.26. The van der Waals surface area contributed by atoms with Gasteiger partial charge in [0, 0.05) is 0 Å². The monoisotopic (exact) mass is 278 g/mol. The van der Waals surface area contributed by atoms with Crippen LogP contribution in [0.2, 0.25) is 0 Å². The summed E-state index contributed by atoms with van der Waals surface area (Å²) in [5.41, 5.74) is 2.19. The molecule has 0 radical (unpaired) electrons. The second-order valence-electron chi connectivity index (χ2n) is 4.10. The van der Waals surface area contributed by atoms with Crippen molar-refractivity contribution < 1.29 is 8.42 Å². The van der Waals surface area contributed by atoms with E-state index in [-0.39, 0.29) is 0 Å². The third-order valence-electron chi connectivity index (χ3n) is 2.56. The predicted octanol–water partition coefficient (Wildman–Crippen LogP) is 3.13. The van der Waals surface area contributed by atoms with Gasteiger partial charge in [-0.1, -0.05) is 35.4 Å². The maximum Gasteiger partial charge on any atom is 0.148 e. The van der Waals surface area contributed by atoms with Crippen LogP contribution >= 0.6 is 0 Å². The van der Waals surface area contributed by atoms with Gasteiger partial charge in [-0.05, 0) is 38.1 Å². The lowest BCUT2D eigenvalue weighted by atomic mass is 10.2. The van der Waals surface area contributed by atoms with Crippen LogP contribution in [-0.2, 0) is 19.7 Å². The molecule has 2 atom stereocenters. The summed E-state index contributed by atoms with van der Waals surface area (Å²) < 4.78 is 24.3. The zero-order valence-electron chi connectivity index (χ0n) is 10.3. The van der Waals surface area contributed by atoms with Crippen molar-refractivity contribution in [3.8, 4) is 0 Å². The fraction of sp³-hybridized carbons (Fsp3) is 0.143. The lowest BCUT2D eigenvalue weighted by Gasteiger charge is -2.03. The Hall–Kier alpha value is -1.26. The minimum atomic E-state index is -1.52. The highest BCUT2D eigenvalue weighted by molar-refractivity contribution is 8.61.